The summed E-state index contributed by atoms with van der Waals surface area (Å²) >= 11 is 0. The number of benzene rings is 9. The van der Waals surface area contributed by atoms with Crippen molar-refractivity contribution in [2.45, 2.75) is 0 Å². The Morgan fingerprint density at radius 2 is 0.964 bits per heavy atom. The van der Waals surface area contributed by atoms with Gasteiger partial charge in [0.15, 0.2) is 0 Å². The molecule has 0 saturated heterocycles. The molecule has 3 nitrogen and oxygen atoms in total. The van der Waals surface area contributed by atoms with E-state index < -0.39 is 0 Å². The summed E-state index contributed by atoms with van der Waals surface area (Å²) in [4.78, 5) is 0. The molecule has 55 heavy (non-hydrogen) atoms. The number of aromatic nitrogens is 2. The van der Waals surface area contributed by atoms with Gasteiger partial charge in [0.1, 0.15) is 0 Å². The van der Waals surface area contributed by atoms with Crippen LogP contribution in [0.2, 0.25) is 0 Å². The molecule has 0 aliphatic heterocycles. The first-order valence-electron chi connectivity index (χ1n) is 18.9. The molecule has 2 heterocycles. The van der Waals surface area contributed by atoms with Crippen molar-refractivity contribution < 1.29 is 0 Å². The Bertz CT molecular complexity index is 3210. The summed E-state index contributed by atoms with van der Waals surface area (Å²) in [7, 11) is 0. The zero-order chi connectivity index (χ0) is 36.3. The fraction of sp³-hybridized carbons (Fsp3) is 0. The van der Waals surface area contributed by atoms with Crippen LogP contribution < -0.4 is 5.32 Å². The van der Waals surface area contributed by atoms with Gasteiger partial charge in [0, 0.05) is 49.9 Å². The number of para-hydroxylation sites is 3. The molecule has 0 unspecified atom stereocenters. The third-order valence-electron chi connectivity index (χ3n) is 11.1. The topological polar surface area (TPSA) is 21.9 Å². The van der Waals surface area contributed by atoms with Crippen LogP contribution in [0.1, 0.15) is 0 Å². The van der Waals surface area contributed by atoms with Crippen molar-refractivity contribution in [3.63, 3.8) is 0 Å². The second kappa shape index (κ2) is 12.6. The SMILES string of the molecule is c1ccc(-c2cc(-c3ccc4c(c3)c3c(ccc5c6ccccc6n(-c6ccccc6)c53)n4-c3ccccc3)ccc2Nc2ccc3ccccc3c2)cc1. The number of hydrogen-bond acceptors (Lipinski definition) is 1. The lowest BCUT2D eigenvalue weighted by atomic mass is 9.96. The van der Waals surface area contributed by atoms with Gasteiger partial charge in [0.25, 0.3) is 0 Å². The van der Waals surface area contributed by atoms with E-state index in [9.17, 15) is 0 Å². The largest absolute Gasteiger partial charge is 0.355 e. The van der Waals surface area contributed by atoms with Crippen LogP contribution in [0.5, 0.6) is 0 Å². The van der Waals surface area contributed by atoms with Gasteiger partial charge in [-0.25, -0.2) is 0 Å². The van der Waals surface area contributed by atoms with Crippen molar-refractivity contribution >= 4 is 65.8 Å². The Morgan fingerprint density at radius 1 is 0.345 bits per heavy atom. The van der Waals surface area contributed by atoms with E-state index in [4.69, 9.17) is 0 Å². The van der Waals surface area contributed by atoms with E-state index in [0.29, 0.717) is 0 Å². The van der Waals surface area contributed by atoms with E-state index >= 15 is 0 Å². The van der Waals surface area contributed by atoms with E-state index in [-0.39, 0.29) is 0 Å². The lowest BCUT2D eigenvalue weighted by Gasteiger charge is -2.15. The van der Waals surface area contributed by atoms with Gasteiger partial charge in [-0.3, -0.25) is 0 Å². The summed E-state index contributed by atoms with van der Waals surface area (Å²) in [5.41, 5.74) is 13.9. The summed E-state index contributed by atoms with van der Waals surface area (Å²) in [5, 5.41) is 11.2. The Kier molecular flexibility index (Phi) is 7.17. The van der Waals surface area contributed by atoms with Crippen molar-refractivity contribution in [3.05, 3.63) is 206 Å². The predicted octanol–water partition coefficient (Wildman–Crippen LogP) is 14.1. The highest BCUT2D eigenvalue weighted by Crippen LogP contribution is 2.44. The molecule has 9 aromatic carbocycles. The Morgan fingerprint density at radius 3 is 1.76 bits per heavy atom. The Balaban J connectivity index is 1.16. The van der Waals surface area contributed by atoms with Crippen LogP contribution in [0, 0.1) is 0 Å². The first kappa shape index (κ1) is 31.2. The zero-order valence-corrected chi connectivity index (χ0v) is 30.0. The van der Waals surface area contributed by atoms with Crippen LogP contribution in [-0.4, -0.2) is 9.13 Å². The summed E-state index contributed by atoms with van der Waals surface area (Å²) in [6.45, 7) is 0. The summed E-state index contributed by atoms with van der Waals surface area (Å²) in [5.74, 6) is 0. The highest BCUT2D eigenvalue weighted by molar-refractivity contribution is 6.26. The molecule has 11 rings (SSSR count). The smallest absolute Gasteiger partial charge is 0.0641 e. The quantitative estimate of drug-likeness (QED) is 0.183. The van der Waals surface area contributed by atoms with Crippen LogP contribution in [0.4, 0.5) is 11.4 Å². The van der Waals surface area contributed by atoms with Gasteiger partial charge in [-0.15, -0.1) is 0 Å². The number of nitrogens with one attached hydrogen (secondary N) is 1. The summed E-state index contributed by atoms with van der Waals surface area (Å²) < 4.78 is 4.88. The standard InChI is InChI=1S/C52H35N3/c1-4-15-36(16-5-1)45-33-38(25-29-47(45)53-40-27-24-35-14-10-11-17-37(35)32-40)39-26-30-49-46(34-39)51-50(54(49)41-18-6-2-7-19-41)31-28-44-43-22-12-13-23-48(43)55(52(44)51)42-20-8-3-9-21-42/h1-34,53H. The average Bonchev–Trinajstić information content (AvgIpc) is 3.77. The minimum atomic E-state index is 1.07. The van der Waals surface area contributed by atoms with E-state index in [1.807, 2.05) is 0 Å². The van der Waals surface area contributed by atoms with Crippen molar-refractivity contribution in [2.24, 2.45) is 0 Å². The zero-order valence-electron chi connectivity index (χ0n) is 30.0. The third kappa shape index (κ3) is 5.13. The molecular formula is C52H35N3. The molecule has 1 N–H and O–H groups in total. The van der Waals surface area contributed by atoms with E-state index in [0.717, 1.165) is 28.3 Å². The molecular weight excluding hydrogens is 667 g/mol. The number of nitrogens with zero attached hydrogens (tertiary/aromatic N) is 2. The van der Waals surface area contributed by atoms with Gasteiger partial charge >= 0.3 is 0 Å². The number of fused-ring (bicyclic) bond motifs is 8. The van der Waals surface area contributed by atoms with Gasteiger partial charge in [0.05, 0.1) is 22.1 Å². The van der Waals surface area contributed by atoms with Crippen LogP contribution in [0.25, 0.3) is 88.0 Å². The van der Waals surface area contributed by atoms with Gasteiger partial charge in [-0.1, -0.05) is 133 Å². The molecule has 2 aromatic heterocycles. The normalized spacial score (nSPS) is 11.6. The van der Waals surface area contributed by atoms with Crippen LogP contribution in [-0.2, 0) is 0 Å². The third-order valence-corrected chi connectivity index (χ3v) is 11.1. The van der Waals surface area contributed by atoms with Gasteiger partial charge in [0.2, 0.25) is 0 Å². The Hall–Kier alpha value is -7.36. The molecule has 11 aromatic rings. The molecule has 0 spiro atoms. The highest BCUT2D eigenvalue weighted by Gasteiger charge is 2.21. The van der Waals surface area contributed by atoms with Crippen molar-refractivity contribution in [1.82, 2.24) is 9.13 Å². The fourth-order valence-electron chi connectivity index (χ4n) is 8.55. The minimum absolute atomic E-state index is 1.07. The maximum Gasteiger partial charge on any atom is 0.0641 e. The molecule has 0 bridgehead atoms. The van der Waals surface area contributed by atoms with E-state index in [2.05, 4.69) is 221 Å². The van der Waals surface area contributed by atoms with Crippen molar-refractivity contribution in [3.8, 4) is 33.6 Å². The molecule has 0 aliphatic rings. The highest BCUT2D eigenvalue weighted by atomic mass is 15.0. The van der Waals surface area contributed by atoms with Crippen molar-refractivity contribution in [1.29, 1.82) is 0 Å². The number of hydrogen-bond donors (Lipinski definition) is 1. The lowest BCUT2D eigenvalue weighted by molar-refractivity contribution is 1.17. The summed E-state index contributed by atoms with van der Waals surface area (Å²) in [6, 6.07) is 74.5. The first-order valence-corrected chi connectivity index (χ1v) is 18.9. The molecule has 0 fully saturated rings. The van der Waals surface area contributed by atoms with Crippen molar-refractivity contribution in [2.75, 3.05) is 5.32 Å². The molecule has 0 aliphatic carbocycles. The van der Waals surface area contributed by atoms with Gasteiger partial charge in [-0.2, -0.15) is 0 Å². The van der Waals surface area contributed by atoms with Crippen LogP contribution in [0.3, 0.4) is 0 Å². The number of rotatable bonds is 6. The lowest BCUT2D eigenvalue weighted by Crippen LogP contribution is -1.95. The molecule has 0 radical (unpaired) electrons. The molecule has 3 heteroatoms. The molecule has 0 atom stereocenters. The number of anilines is 2. The average molecular weight is 702 g/mol. The maximum absolute atomic E-state index is 3.77. The Labute approximate surface area is 319 Å². The predicted molar refractivity (Wildman–Crippen MR) is 233 cm³/mol. The minimum Gasteiger partial charge on any atom is -0.355 e. The monoisotopic (exact) mass is 701 g/mol. The summed E-state index contributed by atoms with van der Waals surface area (Å²) in [6.07, 6.45) is 0. The first-order chi connectivity index (χ1) is 27.3. The maximum atomic E-state index is 3.77. The van der Waals surface area contributed by atoms with Gasteiger partial charge in [-0.05, 0) is 100 Å². The fourth-order valence-corrected chi connectivity index (χ4v) is 8.55. The molecule has 0 saturated carbocycles. The van der Waals surface area contributed by atoms with E-state index in [1.165, 1.54) is 71.1 Å². The van der Waals surface area contributed by atoms with Crippen LogP contribution >= 0.6 is 0 Å². The van der Waals surface area contributed by atoms with Crippen LogP contribution in [0.15, 0.2) is 206 Å². The molecule has 258 valence electrons. The van der Waals surface area contributed by atoms with Gasteiger partial charge < -0.3 is 14.5 Å². The second-order valence-electron chi connectivity index (χ2n) is 14.3. The van der Waals surface area contributed by atoms with E-state index in [1.54, 1.807) is 0 Å². The molecule has 0 amide bonds. The second-order valence-corrected chi connectivity index (χ2v) is 14.3.